The Kier molecular flexibility index (Phi) is 6.24. The molecule has 0 aromatic rings. The molecular formula is C17H28O4. The Hall–Kier alpha value is -0.870. The maximum Gasteiger partial charge on any atom is 0.315 e. The van der Waals surface area contributed by atoms with E-state index >= 15 is 0 Å². The van der Waals surface area contributed by atoms with Crippen LogP contribution in [0.25, 0.3) is 0 Å². The van der Waals surface area contributed by atoms with Gasteiger partial charge in [0.25, 0.3) is 0 Å². The van der Waals surface area contributed by atoms with Crippen LogP contribution in [0.2, 0.25) is 0 Å². The highest BCUT2D eigenvalue weighted by molar-refractivity contribution is 5.78. The van der Waals surface area contributed by atoms with Gasteiger partial charge in [0, 0.05) is 6.61 Å². The topological polar surface area (TPSA) is 44.8 Å². The van der Waals surface area contributed by atoms with Crippen LogP contribution in [0.15, 0.2) is 12.7 Å². The first kappa shape index (κ1) is 16.5. The van der Waals surface area contributed by atoms with Crippen molar-refractivity contribution >= 4 is 5.97 Å². The van der Waals surface area contributed by atoms with Crippen LogP contribution in [0.3, 0.4) is 0 Å². The van der Waals surface area contributed by atoms with Gasteiger partial charge in [0.2, 0.25) is 0 Å². The van der Waals surface area contributed by atoms with Crippen LogP contribution in [0.5, 0.6) is 0 Å². The lowest BCUT2D eigenvalue weighted by molar-refractivity contribution is -0.225. The fraction of sp³-hybridized carbons (Fsp3) is 0.824. The average molecular weight is 296 g/mol. The standard InChI is InChI=1S/C17H28O4/c1-3-11-17(16(18)19-4-2)12-7-5-9-14(17)21-15-10-6-8-13-20-15/h3,14-15H,1,4-13H2,2H3/t14-,15?,17+/m0/s1. The van der Waals surface area contributed by atoms with Crippen molar-refractivity contribution in [2.24, 2.45) is 5.41 Å². The van der Waals surface area contributed by atoms with E-state index in [0.29, 0.717) is 13.0 Å². The number of ether oxygens (including phenoxy) is 3. The second kappa shape index (κ2) is 7.95. The van der Waals surface area contributed by atoms with E-state index in [0.717, 1.165) is 51.6 Å². The number of hydrogen-bond acceptors (Lipinski definition) is 4. The minimum Gasteiger partial charge on any atom is -0.465 e. The molecule has 0 radical (unpaired) electrons. The predicted molar refractivity (Wildman–Crippen MR) is 80.8 cm³/mol. The Morgan fingerprint density at radius 3 is 2.81 bits per heavy atom. The van der Waals surface area contributed by atoms with Crippen molar-refractivity contribution in [3.8, 4) is 0 Å². The third-order valence-electron chi connectivity index (χ3n) is 4.60. The van der Waals surface area contributed by atoms with Gasteiger partial charge in [-0.3, -0.25) is 4.79 Å². The molecule has 1 saturated carbocycles. The normalized spacial score (nSPS) is 33.4. The first-order chi connectivity index (χ1) is 10.2. The summed E-state index contributed by atoms with van der Waals surface area (Å²) in [7, 11) is 0. The quantitative estimate of drug-likeness (QED) is 0.555. The highest BCUT2D eigenvalue weighted by Crippen LogP contribution is 2.43. The number of rotatable bonds is 6. The highest BCUT2D eigenvalue weighted by atomic mass is 16.7. The Morgan fingerprint density at radius 2 is 2.14 bits per heavy atom. The lowest BCUT2D eigenvalue weighted by atomic mass is 9.69. The van der Waals surface area contributed by atoms with Gasteiger partial charge in [0.15, 0.2) is 6.29 Å². The molecule has 0 amide bonds. The zero-order chi connectivity index (χ0) is 15.1. The monoisotopic (exact) mass is 296 g/mol. The molecule has 1 aliphatic carbocycles. The molecule has 3 atom stereocenters. The molecule has 4 heteroatoms. The van der Waals surface area contributed by atoms with E-state index in [9.17, 15) is 4.79 Å². The van der Waals surface area contributed by atoms with Crippen LogP contribution in [0.1, 0.15) is 58.3 Å². The highest BCUT2D eigenvalue weighted by Gasteiger charge is 2.49. The first-order valence-electron chi connectivity index (χ1n) is 8.28. The van der Waals surface area contributed by atoms with Crippen molar-refractivity contribution in [1.29, 1.82) is 0 Å². The van der Waals surface area contributed by atoms with Gasteiger partial charge in [-0.1, -0.05) is 18.9 Å². The number of carbonyl (C=O) groups excluding carboxylic acids is 1. The van der Waals surface area contributed by atoms with Crippen molar-refractivity contribution in [3.63, 3.8) is 0 Å². The van der Waals surface area contributed by atoms with Gasteiger partial charge in [-0.2, -0.15) is 0 Å². The molecule has 2 aliphatic rings. The summed E-state index contributed by atoms with van der Waals surface area (Å²) in [6.45, 7) is 6.84. The lowest BCUT2D eigenvalue weighted by Gasteiger charge is -2.43. The Labute approximate surface area is 127 Å². The summed E-state index contributed by atoms with van der Waals surface area (Å²) in [5.41, 5.74) is -0.573. The summed E-state index contributed by atoms with van der Waals surface area (Å²) in [4.78, 5) is 12.6. The molecule has 4 nitrogen and oxygen atoms in total. The molecule has 0 N–H and O–H groups in total. The molecule has 1 saturated heterocycles. The van der Waals surface area contributed by atoms with Crippen molar-refractivity contribution in [1.82, 2.24) is 0 Å². The molecule has 0 bridgehead atoms. The van der Waals surface area contributed by atoms with E-state index in [4.69, 9.17) is 14.2 Å². The van der Waals surface area contributed by atoms with E-state index in [-0.39, 0.29) is 18.4 Å². The summed E-state index contributed by atoms with van der Waals surface area (Å²) >= 11 is 0. The SMILES string of the molecule is C=CC[C@@]1(C(=O)OCC)CCCC[C@@H]1OC1CCCCO1. The van der Waals surface area contributed by atoms with Gasteiger partial charge in [-0.05, 0) is 45.4 Å². The first-order valence-corrected chi connectivity index (χ1v) is 8.28. The number of allylic oxidation sites excluding steroid dienone is 1. The fourth-order valence-electron chi connectivity index (χ4n) is 3.49. The predicted octanol–water partition coefficient (Wildman–Crippen LogP) is 3.60. The zero-order valence-electron chi connectivity index (χ0n) is 13.1. The Morgan fingerprint density at radius 1 is 1.33 bits per heavy atom. The van der Waals surface area contributed by atoms with E-state index in [1.807, 2.05) is 13.0 Å². The summed E-state index contributed by atoms with van der Waals surface area (Å²) < 4.78 is 17.2. The molecular weight excluding hydrogens is 268 g/mol. The van der Waals surface area contributed by atoms with Gasteiger partial charge in [0.05, 0.1) is 18.1 Å². The van der Waals surface area contributed by atoms with Crippen LogP contribution in [0, 0.1) is 5.41 Å². The lowest BCUT2D eigenvalue weighted by Crippen LogP contribution is -2.48. The smallest absolute Gasteiger partial charge is 0.315 e. The third kappa shape index (κ3) is 3.86. The van der Waals surface area contributed by atoms with Crippen molar-refractivity contribution in [2.75, 3.05) is 13.2 Å². The molecule has 1 heterocycles. The Bertz CT molecular complexity index is 349. The van der Waals surface area contributed by atoms with Gasteiger partial charge in [-0.15, -0.1) is 6.58 Å². The van der Waals surface area contributed by atoms with Gasteiger partial charge in [0.1, 0.15) is 0 Å². The van der Waals surface area contributed by atoms with E-state index in [1.54, 1.807) is 0 Å². The summed E-state index contributed by atoms with van der Waals surface area (Å²) in [6.07, 6.45) is 9.14. The number of esters is 1. The van der Waals surface area contributed by atoms with Crippen molar-refractivity contribution in [3.05, 3.63) is 12.7 Å². The minimum absolute atomic E-state index is 0.119. The van der Waals surface area contributed by atoms with E-state index < -0.39 is 5.41 Å². The fourth-order valence-corrected chi connectivity index (χ4v) is 3.49. The second-order valence-corrected chi connectivity index (χ2v) is 6.04. The van der Waals surface area contributed by atoms with Gasteiger partial charge < -0.3 is 14.2 Å². The molecule has 1 unspecified atom stereocenters. The van der Waals surface area contributed by atoms with Crippen molar-refractivity contribution in [2.45, 2.75) is 70.7 Å². The van der Waals surface area contributed by atoms with Crippen LogP contribution in [0.4, 0.5) is 0 Å². The molecule has 0 spiro atoms. The molecule has 1 aliphatic heterocycles. The van der Waals surface area contributed by atoms with Crippen molar-refractivity contribution < 1.29 is 19.0 Å². The molecule has 0 aromatic heterocycles. The third-order valence-corrected chi connectivity index (χ3v) is 4.60. The maximum atomic E-state index is 12.6. The van der Waals surface area contributed by atoms with E-state index in [1.165, 1.54) is 0 Å². The van der Waals surface area contributed by atoms with Gasteiger partial charge in [-0.25, -0.2) is 0 Å². The molecule has 2 fully saturated rings. The molecule has 120 valence electrons. The molecule has 2 rings (SSSR count). The van der Waals surface area contributed by atoms with Crippen LogP contribution < -0.4 is 0 Å². The number of hydrogen-bond donors (Lipinski definition) is 0. The maximum absolute atomic E-state index is 12.6. The largest absolute Gasteiger partial charge is 0.465 e. The minimum atomic E-state index is -0.573. The molecule has 21 heavy (non-hydrogen) atoms. The Balaban J connectivity index is 2.12. The zero-order valence-corrected chi connectivity index (χ0v) is 13.1. The average Bonchev–Trinajstić information content (AvgIpc) is 2.51. The summed E-state index contributed by atoms with van der Waals surface area (Å²) in [6, 6.07) is 0. The van der Waals surface area contributed by atoms with Crippen LogP contribution >= 0.6 is 0 Å². The second-order valence-electron chi connectivity index (χ2n) is 6.04. The summed E-state index contributed by atoms with van der Waals surface area (Å²) in [5, 5.41) is 0. The van der Waals surface area contributed by atoms with Crippen LogP contribution in [-0.4, -0.2) is 31.6 Å². The summed E-state index contributed by atoms with van der Waals surface area (Å²) in [5.74, 6) is -0.134. The number of carbonyl (C=O) groups is 1. The van der Waals surface area contributed by atoms with E-state index in [2.05, 4.69) is 6.58 Å². The van der Waals surface area contributed by atoms with Crippen LogP contribution in [-0.2, 0) is 19.0 Å². The molecule has 0 aromatic carbocycles. The van der Waals surface area contributed by atoms with Gasteiger partial charge >= 0.3 is 5.97 Å².